The van der Waals surface area contributed by atoms with Gasteiger partial charge in [-0.15, -0.1) is 0 Å². The molecule has 0 bridgehead atoms. The van der Waals surface area contributed by atoms with Gasteiger partial charge in [-0.2, -0.15) is 5.10 Å². The highest BCUT2D eigenvalue weighted by atomic mass is 35.5. The molecule has 1 amide bonds. The molecule has 8 heteroatoms. The first kappa shape index (κ1) is 19.4. The van der Waals surface area contributed by atoms with Crippen LogP contribution in [0.5, 0.6) is 0 Å². The van der Waals surface area contributed by atoms with Crippen molar-refractivity contribution in [2.45, 2.75) is 27.3 Å². The number of benzene rings is 1. The molecule has 3 rings (SSSR count). The van der Waals surface area contributed by atoms with Gasteiger partial charge in [0.05, 0.1) is 21.7 Å². The summed E-state index contributed by atoms with van der Waals surface area (Å²) in [6.45, 7) is 9.63. The van der Waals surface area contributed by atoms with Crippen LogP contribution in [0, 0.1) is 6.92 Å². The number of nitrogens with one attached hydrogen (secondary N) is 1. The summed E-state index contributed by atoms with van der Waals surface area (Å²) in [5.41, 5.74) is 2.79. The molecule has 0 aliphatic heterocycles. The van der Waals surface area contributed by atoms with E-state index in [1.807, 2.05) is 28.8 Å². The number of aromatic nitrogens is 4. The van der Waals surface area contributed by atoms with Crippen molar-refractivity contribution in [1.29, 1.82) is 0 Å². The van der Waals surface area contributed by atoms with E-state index in [4.69, 9.17) is 11.6 Å². The Morgan fingerprint density at radius 3 is 2.59 bits per heavy atom. The van der Waals surface area contributed by atoms with E-state index in [0.29, 0.717) is 22.4 Å². The molecule has 2 aromatic heterocycles. The van der Waals surface area contributed by atoms with Crippen molar-refractivity contribution < 1.29 is 4.79 Å². The number of aryl methyl sites for hydroxylation is 2. The number of halogens is 1. The quantitative estimate of drug-likeness (QED) is 0.674. The minimum atomic E-state index is -0.317. The van der Waals surface area contributed by atoms with E-state index in [-0.39, 0.29) is 5.91 Å². The largest absolute Gasteiger partial charge is 0.309 e. The minimum absolute atomic E-state index is 0.317. The Morgan fingerprint density at radius 2 is 1.96 bits per heavy atom. The Labute approximate surface area is 163 Å². The molecular formula is C19H25ClN6O. The fourth-order valence-corrected chi connectivity index (χ4v) is 3.46. The molecule has 0 fully saturated rings. The summed E-state index contributed by atoms with van der Waals surface area (Å²) in [6, 6.07) is 7.88. The summed E-state index contributed by atoms with van der Waals surface area (Å²) < 4.78 is 3.54. The van der Waals surface area contributed by atoms with Crippen LogP contribution in [0.15, 0.2) is 24.3 Å². The lowest BCUT2D eigenvalue weighted by molar-refractivity contribution is 0.101. The second kappa shape index (κ2) is 8.10. The highest BCUT2D eigenvalue weighted by Gasteiger charge is 2.21. The van der Waals surface area contributed by atoms with Crippen LogP contribution < -0.4 is 5.32 Å². The third kappa shape index (κ3) is 3.84. The monoisotopic (exact) mass is 388 g/mol. The summed E-state index contributed by atoms with van der Waals surface area (Å²) in [6.07, 6.45) is 0. The third-order valence-electron chi connectivity index (χ3n) is 4.78. The zero-order chi connectivity index (χ0) is 19.6. The Kier molecular flexibility index (Phi) is 5.82. The van der Waals surface area contributed by atoms with Gasteiger partial charge in [-0.1, -0.05) is 37.6 Å². The van der Waals surface area contributed by atoms with E-state index in [1.54, 1.807) is 14.0 Å². The maximum atomic E-state index is 12.8. The topological polar surface area (TPSA) is 68.0 Å². The summed E-state index contributed by atoms with van der Waals surface area (Å²) in [4.78, 5) is 19.8. The lowest BCUT2D eigenvalue weighted by Gasteiger charge is -2.19. The molecule has 0 unspecified atom stereocenters. The molecule has 144 valence electrons. The fourth-order valence-electron chi connectivity index (χ4n) is 3.22. The lowest BCUT2D eigenvalue weighted by atomic mass is 10.3. The number of nitrogens with zero attached hydrogens (tertiary/aromatic N) is 5. The first-order valence-corrected chi connectivity index (χ1v) is 9.52. The van der Waals surface area contributed by atoms with Crippen LogP contribution in [0.25, 0.3) is 11.0 Å². The normalized spacial score (nSPS) is 11.5. The van der Waals surface area contributed by atoms with Crippen molar-refractivity contribution in [3.63, 3.8) is 0 Å². The highest BCUT2D eigenvalue weighted by molar-refractivity contribution is 6.34. The average Bonchev–Trinajstić information content (AvgIpc) is 3.12. The first-order chi connectivity index (χ1) is 13.0. The van der Waals surface area contributed by atoms with Crippen molar-refractivity contribution in [1.82, 2.24) is 24.2 Å². The second-order valence-electron chi connectivity index (χ2n) is 6.43. The molecule has 0 aliphatic carbocycles. The number of amides is 1. The summed E-state index contributed by atoms with van der Waals surface area (Å²) in [5, 5.41) is 7.49. The van der Waals surface area contributed by atoms with E-state index < -0.39 is 0 Å². The molecule has 0 spiro atoms. The minimum Gasteiger partial charge on any atom is -0.309 e. The van der Waals surface area contributed by atoms with Crippen LogP contribution in [0.4, 0.5) is 5.95 Å². The van der Waals surface area contributed by atoms with Gasteiger partial charge in [-0.25, -0.2) is 4.98 Å². The number of anilines is 1. The van der Waals surface area contributed by atoms with Gasteiger partial charge >= 0.3 is 0 Å². The summed E-state index contributed by atoms with van der Waals surface area (Å²) in [5.74, 6) is 0.200. The molecular weight excluding hydrogens is 364 g/mol. The number of carbonyl (C=O) groups excluding carboxylic acids is 1. The fraction of sp³-hybridized carbons (Fsp3) is 0.421. The van der Waals surface area contributed by atoms with Gasteiger partial charge in [0.2, 0.25) is 5.95 Å². The van der Waals surface area contributed by atoms with Crippen molar-refractivity contribution in [2.75, 3.05) is 25.0 Å². The maximum Gasteiger partial charge on any atom is 0.277 e. The molecule has 0 saturated heterocycles. The Hall–Kier alpha value is -2.38. The van der Waals surface area contributed by atoms with Crippen LogP contribution in [0.2, 0.25) is 5.02 Å². The predicted octanol–water partition coefficient (Wildman–Crippen LogP) is 3.33. The Bertz CT molecular complexity index is 957. The summed E-state index contributed by atoms with van der Waals surface area (Å²) >= 11 is 6.26. The van der Waals surface area contributed by atoms with E-state index in [2.05, 4.69) is 34.1 Å². The van der Waals surface area contributed by atoms with Crippen LogP contribution in [0.3, 0.4) is 0 Å². The van der Waals surface area contributed by atoms with E-state index in [1.165, 1.54) is 4.68 Å². The summed E-state index contributed by atoms with van der Waals surface area (Å²) in [7, 11) is 1.71. The van der Waals surface area contributed by atoms with Gasteiger partial charge in [0, 0.05) is 20.1 Å². The smallest absolute Gasteiger partial charge is 0.277 e. The van der Waals surface area contributed by atoms with Gasteiger partial charge in [0.1, 0.15) is 5.69 Å². The number of para-hydroxylation sites is 2. The molecule has 0 aliphatic rings. The van der Waals surface area contributed by atoms with E-state index in [0.717, 1.165) is 37.2 Å². The molecule has 3 aromatic rings. The molecule has 2 heterocycles. The predicted molar refractivity (Wildman–Crippen MR) is 108 cm³/mol. The Balaban J connectivity index is 1.93. The van der Waals surface area contributed by atoms with Gasteiger partial charge in [-0.3, -0.25) is 14.8 Å². The second-order valence-corrected chi connectivity index (χ2v) is 6.81. The molecule has 0 atom stereocenters. The lowest BCUT2D eigenvalue weighted by Crippen LogP contribution is -2.28. The van der Waals surface area contributed by atoms with Crippen LogP contribution >= 0.6 is 11.6 Å². The molecule has 1 N–H and O–H groups in total. The van der Waals surface area contributed by atoms with Crippen LogP contribution in [-0.2, 0) is 13.6 Å². The van der Waals surface area contributed by atoms with Crippen LogP contribution in [0.1, 0.15) is 30.0 Å². The number of rotatable bonds is 7. The molecule has 7 nitrogen and oxygen atoms in total. The number of hydrogen-bond acceptors (Lipinski definition) is 4. The Morgan fingerprint density at radius 1 is 1.26 bits per heavy atom. The molecule has 0 saturated carbocycles. The number of hydrogen-bond donors (Lipinski definition) is 1. The SMILES string of the molecule is CCN(CC)CCn1c(NC(=O)c2c(Cl)c(C)nn2C)nc2ccccc21. The van der Waals surface area contributed by atoms with Gasteiger partial charge in [-0.05, 0) is 32.1 Å². The number of imidazole rings is 1. The molecule has 0 radical (unpaired) electrons. The zero-order valence-corrected chi connectivity index (χ0v) is 16.9. The third-order valence-corrected chi connectivity index (χ3v) is 5.23. The number of likely N-dealkylation sites (N-methyl/N-ethyl adjacent to an activating group) is 1. The zero-order valence-electron chi connectivity index (χ0n) is 16.2. The van der Waals surface area contributed by atoms with Crippen molar-refractivity contribution >= 4 is 34.5 Å². The molecule has 27 heavy (non-hydrogen) atoms. The van der Waals surface area contributed by atoms with Crippen LogP contribution in [-0.4, -0.2) is 49.8 Å². The van der Waals surface area contributed by atoms with E-state index >= 15 is 0 Å². The van der Waals surface area contributed by atoms with Crippen molar-refractivity contribution in [3.05, 3.63) is 40.7 Å². The highest BCUT2D eigenvalue weighted by Crippen LogP contribution is 2.23. The standard InChI is InChI=1S/C19H25ClN6O/c1-5-25(6-2)11-12-26-15-10-8-7-9-14(15)21-19(26)22-18(27)17-16(20)13(3)23-24(17)4/h7-10H,5-6,11-12H2,1-4H3,(H,21,22,27). The van der Waals surface area contributed by atoms with E-state index in [9.17, 15) is 4.79 Å². The first-order valence-electron chi connectivity index (χ1n) is 9.14. The number of carbonyl (C=O) groups is 1. The van der Waals surface area contributed by atoms with Gasteiger partial charge < -0.3 is 9.47 Å². The van der Waals surface area contributed by atoms with Crippen molar-refractivity contribution in [2.24, 2.45) is 7.05 Å². The number of fused-ring (bicyclic) bond motifs is 1. The maximum absolute atomic E-state index is 12.8. The van der Waals surface area contributed by atoms with Crippen molar-refractivity contribution in [3.8, 4) is 0 Å². The van der Waals surface area contributed by atoms with Gasteiger partial charge in [0.25, 0.3) is 5.91 Å². The average molecular weight is 389 g/mol. The molecule has 1 aromatic carbocycles. The van der Waals surface area contributed by atoms with Gasteiger partial charge in [0.15, 0.2) is 0 Å².